The summed E-state index contributed by atoms with van der Waals surface area (Å²) in [5.41, 5.74) is 0.128. The normalized spacial score (nSPS) is 10.2. The van der Waals surface area contributed by atoms with Crippen LogP contribution in [0.1, 0.15) is 29.6 Å². The van der Waals surface area contributed by atoms with Crippen LogP contribution in [0.25, 0.3) is 0 Å². The Morgan fingerprint density at radius 2 is 1.63 bits per heavy atom. The fourth-order valence-corrected chi connectivity index (χ4v) is 2.19. The van der Waals surface area contributed by atoms with Gasteiger partial charge in [-0.15, -0.1) is 0 Å². The fourth-order valence-electron chi connectivity index (χ4n) is 2.19. The van der Waals surface area contributed by atoms with Crippen molar-refractivity contribution in [1.82, 2.24) is 4.98 Å². The van der Waals surface area contributed by atoms with Crippen molar-refractivity contribution in [2.45, 2.75) is 19.3 Å². The zero-order chi connectivity index (χ0) is 19.6. The van der Waals surface area contributed by atoms with Gasteiger partial charge in [0, 0.05) is 24.7 Å². The van der Waals surface area contributed by atoms with Gasteiger partial charge >= 0.3 is 5.97 Å². The Morgan fingerprint density at radius 1 is 0.963 bits per heavy atom. The van der Waals surface area contributed by atoms with Gasteiger partial charge in [0.25, 0.3) is 11.4 Å². The lowest BCUT2D eigenvalue weighted by Crippen LogP contribution is -2.07. The highest BCUT2D eigenvalue weighted by Crippen LogP contribution is 2.13. The number of ether oxygens (including phenoxy) is 1. The van der Waals surface area contributed by atoms with E-state index < -0.39 is 15.8 Å². The molecule has 0 bridgehead atoms. The monoisotopic (exact) mass is 374 g/mol. The van der Waals surface area contributed by atoms with Crippen molar-refractivity contribution in [3.05, 3.63) is 68.4 Å². The molecule has 2 aromatic rings. The Bertz CT molecular complexity index is 792. The minimum Gasteiger partial charge on any atom is -0.462 e. The van der Waals surface area contributed by atoms with Crippen LogP contribution in [-0.2, 0) is 4.74 Å². The number of hydrogen-bond donors (Lipinski definition) is 1. The van der Waals surface area contributed by atoms with Crippen LogP contribution in [0, 0.1) is 20.2 Å². The number of non-ortho nitro benzene ring substituents is 1. The molecular weight excluding hydrogens is 356 g/mol. The van der Waals surface area contributed by atoms with Crippen molar-refractivity contribution >= 4 is 23.2 Å². The third-order valence-electron chi connectivity index (χ3n) is 3.63. The van der Waals surface area contributed by atoms with E-state index in [2.05, 4.69) is 10.3 Å². The number of anilines is 1. The number of nitro groups is 2. The molecule has 0 aliphatic heterocycles. The molecule has 0 atom stereocenters. The van der Waals surface area contributed by atoms with E-state index in [4.69, 9.17) is 4.74 Å². The van der Waals surface area contributed by atoms with Gasteiger partial charge in [0.2, 0.25) is 0 Å². The van der Waals surface area contributed by atoms with Gasteiger partial charge in [0.1, 0.15) is 12.0 Å². The second-order valence-electron chi connectivity index (χ2n) is 5.59. The molecule has 0 aliphatic rings. The van der Waals surface area contributed by atoms with Gasteiger partial charge in [0.15, 0.2) is 0 Å². The molecule has 0 amide bonds. The summed E-state index contributed by atoms with van der Waals surface area (Å²) in [6.07, 6.45) is 3.50. The Balaban J connectivity index is 1.59. The van der Waals surface area contributed by atoms with Crippen LogP contribution in [0.15, 0.2) is 42.6 Å². The number of benzene rings is 1. The molecule has 0 aliphatic carbocycles. The molecule has 1 N–H and O–H groups in total. The van der Waals surface area contributed by atoms with E-state index in [9.17, 15) is 25.0 Å². The molecule has 0 saturated carbocycles. The third-order valence-corrected chi connectivity index (χ3v) is 3.63. The van der Waals surface area contributed by atoms with Crippen molar-refractivity contribution in [2.24, 2.45) is 0 Å². The van der Waals surface area contributed by atoms with Gasteiger partial charge in [-0.1, -0.05) is 0 Å². The zero-order valence-electron chi connectivity index (χ0n) is 14.4. The van der Waals surface area contributed by atoms with Crippen LogP contribution in [0.5, 0.6) is 0 Å². The van der Waals surface area contributed by atoms with Crippen molar-refractivity contribution in [2.75, 3.05) is 18.5 Å². The largest absolute Gasteiger partial charge is 0.462 e. The molecule has 0 saturated heterocycles. The quantitative estimate of drug-likeness (QED) is 0.289. The average molecular weight is 374 g/mol. The lowest BCUT2D eigenvalue weighted by Gasteiger charge is -2.06. The van der Waals surface area contributed by atoms with Gasteiger partial charge < -0.3 is 10.1 Å². The fraction of sp³-hybridized carbons (Fsp3) is 0.294. The van der Waals surface area contributed by atoms with Crippen molar-refractivity contribution in [1.29, 1.82) is 0 Å². The smallest absolute Gasteiger partial charge is 0.338 e. The van der Waals surface area contributed by atoms with Crippen LogP contribution < -0.4 is 5.32 Å². The first-order valence-corrected chi connectivity index (χ1v) is 8.23. The Kier molecular flexibility index (Phi) is 7.17. The topological polar surface area (TPSA) is 138 Å². The summed E-state index contributed by atoms with van der Waals surface area (Å²) in [5, 5.41) is 24.2. The highest BCUT2D eigenvalue weighted by molar-refractivity contribution is 5.89. The first kappa shape index (κ1) is 19.8. The summed E-state index contributed by atoms with van der Waals surface area (Å²) in [6, 6.07) is 8.17. The van der Waals surface area contributed by atoms with E-state index in [1.807, 2.05) is 0 Å². The van der Waals surface area contributed by atoms with Gasteiger partial charge in [-0.25, -0.2) is 9.78 Å². The van der Waals surface area contributed by atoms with Crippen molar-refractivity contribution < 1.29 is 19.4 Å². The number of pyridine rings is 1. The SMILES string of the molecule is O=C(OCCCCCNc1ccc([N+](=O)[O-])cn1)c1ccc([N+](=O)[O-])cc1. The van der Waals surface area contributed by atoms with Crippen molar-refractivity contribution in [3.8, 4) is 0 Å². The lowest BCUT2D eigenvalue weighted by molar-refractivity contribution is -0.385. The van der Waals surface area contributed by atoms with Gasteiger partial charge in [-0.05, 0) is 37.5 Å². The summed E-state index contributed by atoms with van der Waals surface area (Å²) >= 11 is 0. The van der Waals surface area contributed by atoms with E-state index >= 15 is 0 Å². The number of hydrogen-bond acceptors (Lipinski definition) is 8. The highest BCUT2D eigenvalue weighted by atomic mass is 16.6. The van der Waals surface area contributed by atoms with Crippen LogP contribution in [0.3, 0.4) is 0 Å². The van der Waals surface area contributed by atoms with E-state index in [1.54, 1.807) is 6.07 Å². The van der Waals surface area contributed by atoms with E-state index in [0.717, 1.165) is 12.8 Å². The summed E-state index contributed by atoms with van der Waals surface area (Å²) in [6.45, 7) is 0.896. The maximum Gasteiger partial charge on any atom is 0.338 e. The molecule has 1 aromatic heterocycles. The predicted molar refractivity (Wildman–Crippen MR) is 96.6 cm³/mol. The van der Waals surface area contributed by atoms with Crippen LogP contribution in [0.4, 0.5) is 17.2 Å². The predicted octanol–water partition coefficient (Wildman–Crippen LogP) is 3.34. The molecule has 0 fully saturated rings. The lowest BCUT2D eigenvalue weighted by atomic mass is 10.2. The third kappa shape index (κ3) is 6.34. The number of nitro benzene ring substituents is 1. The van der Waals surface area contributed by atoms with Gasteiger partial charge in [-0.3, -0.25) is 20.2 Å². The minimum absolute atomic E-state index is 0.0598. The molecule has 1 aromatic carbocycles. The second kappa shape index (κ2) is 9.80. The number of nitrogens with one attached hydrogen (secondary N) is 1. The Labute approximate surface area is 154 Å². The first-order chi connectivity index (χ1) is 13.0. The standard InChI is InChI=1S/C17H18N4O6/c22-17(13-4-6-14(7-5-13)20(23)24)27-11-3-1-2-10-18-16-9-8-15(12-19-16)21(25)26/h4-9,12H,1-3,10-11H2,(H,18,19). The number of esters is 1. The first-order valence-electron chi connectivity index (χ1n) is 8.23. The average Bonchev–Trinajstić information content (AvgIpc) is 2.67. The molecule has 2 rings (SSSR count). The molecule has 1 heterocycles. The summed E-state index contributed by atoms with van der Waals surface area (Å²) < 4.78 is 5.12. The molecular formula is C17H18N4O6. The summed E-state index contributed by atoms with van der Waals surface area (Å²) in [4.78, 5) is 35.8. The Hall–Kier alpha value is -3.56. The number of unbranched alkanes of at least 4 members (excludes halogenated alkanes) is 2. The molecule has 10 nitrogen and oxygen atoms in total. The van der Waals surface area contributed by atoms with Gasteiger partial charge in [-0.2, -0.15) is 0 Å². The van der Waals surface area contributed by atoms with Crippen molar-refractivity contribution in [3.63, 3.8) is 0 Å². The Morgan fingerprint density at radius 3 is 2.22 bits per heavy atom. The van der Waals surface area contributed by atoms with Crippen LogP contribution >= 0.6 is 0 Å². The molecule has 0 spiro atoms. The van der Waals surface area contributed by atoms with E-state index in [-0.39, 0.29) is 23.5 Å². The maximum absolute atomic E-state index is 11.8. The molecule has 142 valence electrons. The minimum atomic E-state index is -0.532. The number of rotatable bonds is 10. The van der Waals surface area contributed by atoms with Crippen LogP contribution in [0.2, 0.25) is 0 Å². The number of nitrogens with zero attached hydrogens (tertiary/aromatic N) is 3. The molecule has 27 heavy (non-hydrogen) atoms. The zero-order valence-corrected chi connectivity index (χ0v) is 14.4. The molecule has 0 radical (unpaired) electrons. The number of aromatic nitrogens is 1. The number of carbonyl (C=O) groups excluding carboxylic acids is 1. The highest BCUT2D eigenvalue weighted by Gasteiger charge is 2.10. The summed E-state index contributed by atoms with van der Waals surface area (Å²) in [7, 11) is 0. The molecule has 0 unspecified atom stereocenters. The van der Waals surface area contributed by atoms with E-state index in [1.165, 1.54) is 36.5 Å². The molecule has 10 heteroatoms. The van der Waals surface area contributed by atoms with Crippen LogP contribution in [-0.4, -0.2) is 34.0 Å². The van der Waals surface area contributed by atoms with E-state index in [0.29, 0.717) is 18.8 Å². The number of carbonyl (C=O) groups is 1. The van der Waals surface area contributed by atoms with Gasteiger partial charge in [0.05, 0.1) is 22.0 Å². The summed E-state index contributed by atoms with van der Waals surface area (Å²) in [5.74, 6) is 0.0447. The maximum atomic E-state index is 11.8. The second-order valence-corrected chi connectivity index (χ2v) is 5.59.